The van der Waals surface area contributed by atoms with Crippen LogP contribution in [0.5, 0.6) is 0 Å². The quantitative estimate of drug-likeness (QED) is 0.317. The molecule has 9 heteroatoms. The molecular formula is C32H29N5O4. The molecule has 0 bridgehead atoms. The molecule has 1 aromatic heterocycles. The first-order valence-electron chi connectivity index (χ1n) is 13.1. The number of pyridine rings is 1. The van der Waals surface area contributed by atoms with Crippen molar-refractivity contribution >= 4 is 40.6 Å². The maximum Gasteiger partial charge on any atom is 0.299 e. The molecule has 1 aliphatic heterocycles. The molecule has 1 atom stereocenters. The van der Waals surface area contributed by atoms with E-state index in [0.717, 1.165) is 5.69 Å². The lowest BCUT2D eigenvalue weighted by Crippen LogP contribution is -2.46. The van der Waals surface area contributed by atoms with E-state index in [9.17, 15) is 19.2 Å². The van der Waals surface area contributed by atoms with Gasteiger partial charge in [-0.3, -0.25) is 29.1 Å². The number of benzene rings is 3. The average molecular weight is 548 g/mol. The maximum atomic E-state index is 14.1. The van der Waals surface area contributed by atoms with Gasteiger partial charge in [-0.2, -0.15) is 0 Å². The molecule has 4 aromatic rings. The van der Waals surface area contributed by atoms with E-state index in [1.54, 1.807) is 79.1 Å². The van der Waals surface area contributed by atoms with Gasteiger partial charge in [0.05, 0.1) is 11.3 Å². The zero-order valence-electron chi connectivity index (χ0n) is 22.7. The number of aromatic nitrogens is 1. The molecule has 3 amide bonds. The molecule has 2 heterocycles. The third-order valence-corrected chi connectivity index (χ3v) is 6.89. The minimum atomic E-state index is -1.04. The first kappa shape index (κ1) is 27.3. The molecule has 206 valence electrons. The van der Waals surface area contributed by atoms with Gasteiger partial charge >= 0.3 is 0 Å². The summed E-state index contributed by atoms with van der Waals surface area (Å²) in [5, 5.41) is 2.95. The third-order valence-electron chi connectivity index (χ3n) is 6.89. The van der Waals surface area contributed by atoms with E-state index in [1.165, 1.54) is 9.80 Å². The Kier molecular flexibility index (Phi) is 7.87. The number of para-hydroxylation sites is 1. The summed E-state index contributed by atoms with van der Waals surface area (Å²) in [6.45, 7) is -0.354. The Morgan fingerprint density at radius 2 is 1.59 bits per heavy atom. The molecule has 0 spiro atoms. The summed E-state index contributed by atoms with van der Waals surface area (Å²) in [6, 6.07) is 25.5. The van der Waals surface area contributed by atoms with E-state index in [2.05, 4.69) is 10.3 Å². The zero-order chi connectivity index (χ0) is 28.9. The normalized spacial score (nSPS) is 13.0. The van der Waals surface area contributed by atoms with E-state index in [0.29, 0.717) is 22.5 Å². The second-order valence-electron chi connectivity index (χ2n) is 9.86. The Labute approximate surface area is 238 Å². The maximum absolute atomic E-state index is 14.1. The van der Waals surface area contributed by atoms with Gasteiger partial charge in [0.2, 0.25) is 5.91 Å². The summed E-state index contributed by atoms with van der Waals surface area (Å²) in [5.74, 6) is -2.36. The lowest BCUT2D eigenvalue weighted by molar-refractivity contribution is -0.139. The molecule has 0 saturated carbocycles. The van der Waals surface area contributed by atoms with Crippen molar-refractivity contribution in [3.8, 4) is 0 Å². The van der Waals surface area contributed by atoms with Gasteiger partial charge in [0, 0.05) is 44.4 Å². The first-order valence-corrected chi connectivity index (χ1v) is 13.1. The highest BCUT2D eigenvalue weighted by Crippen LogP contribution is 2.30. The molecule has 0 saturated heterocycles. The molecule has 5 rings (SSSR count). The Hall–Kier alpha value is -5.31. The summed E-state index contributed by atoms with van der Waals surface area (Å²) >= 11 is 0. The molecule has 9 nitrogen and oxygen atoms in total. The van der Waals surface area contributed by atoms with Crippen molar-refractivity contribution in [2.75, 3.05) is 35.8 Å². The van der Waals surface area contributed by atoms with Crippen molar-refractivity contribution in [2.45, 2.75) is 12.6 Å². The van der Waals surface area contributed by atoms with Gasteiger partial charge in [-0.15, -0.1) is 0 Å². The van der Waals surface area contributed by atoms with Gasteiger partial charge in [0.15, 0.2) is 0 Å². The monoisotopic (exact) mass is 547 g/mol. The van der Waals surface area contributed by atoms with Gasteiger partial charge in [-0.05, 0) is 53.6 Å². The van der Waals surface area contributed by atoms with Gasteiger partial charge in [0.1, 0.15) is 12.6 Å². The summed E-state index contributed by atoms with van der Waals surface area (Å²) < 4.78 is 0. The van der Waals surface area contributed by atoms with Crippen LogP contribution >= 0.6 is 0 Å². The Bertz CT molecular complexity index is 1570. The fourth-order valence-corrected chi connectivity index (χ4v) is 4.80. The van der Waals surface area contributed by atoms with Crippen molar-refractivity contribution in [1.29, 1.82) is 0 Å². The molecule has 0 aliphatic carbocycles. The minimum absolute atomic E-state index is 0.0524. The number of rotatable bonds is 9. The Morgan fingerprint density at radius 1 is 0.878 bits per heavy atom. The first-order chi connectivity index (χ1) is 19.8. The number of amides is 3. The number of anilines is 3. The van der Waals surface area contributed by atoms with E-state index >= 15 is 0 Å². The van der Waals surface area contributed by atoms with Gasteiger partial charge < -0.3 is 15.1 Å². The molecule has 0 radical (unpaired) electrons. The second-order valence-corrected chi connectivity index (χ2v) is 9.86. The molecule has 41 heavy (non-hydrogen) atoms. The summed E-state index contributed by atoms with van der Waals surface area (Å²) in [7, 11) is 3.86. The number of hydrogen-bond acceptors (Lipinski definition) is 6. The van der Waals surface area contributed by atoms with Gasteiger partial charge in [-0.25, -0.2) is 0 Å². The van der Waals surface area contributed by atoms with Crippen LogP contribution in [0.25, 0.3) is 0 Å². The van der Waals surface area contributed by atoms with Gasteiger partial charge in [-0.1, -0.05) is 48.5 Å². The van der Waals surface area contributed by atoms with Crippen LogP contribution < -0.4 is 15.1 Å². The highest BCUT2D eigenvalue weighted by Gasteiger charge is 2.39. The largest absolute Gasteiger partial charge is 0.378 e. The van der Waals surface area contributed by atoms with Crippen LogP contribution in [-0.2, 0) is 20.9 Å². The van der Waals surface area contributed by atoms with E-state index in [4.69, 9.17) is 0 Å². The highest BCUT2D eigenvalue weighted by molar-refractivity contribution is 6.52. The van der Waals surface area contributed by atoms with Crippen LogP contribution in [0.1, 0.15) is 27.5 Å². The van der Waals surface area contributed by atoms with Crippen molar-refractivity contribution in [1.82, 2.24) is 9.88 Å². The Balaban J connectivity index is 1.51. The molecule has 3 aromatic carbocycles. The molecular weight excluding hydrogens is 518 g/mol. The highest BCUT2D eigenvalue weighted by atomic mass is 16.2. The topological polar surface area (TPSA) is 103 Å². The van der Waals surface area contributed by atoms with Crippen LogP contribution in [0.4, 0.5) is 17.1 Å². The third kappa shape index (κ3) is 5.84. The SMILES string of the molecule is CN(C)c1ccc(NC(=O)C(c2ccccc2)N(Cc2cccnc2)C(=O)CN2C(=O)C(=O)c3ccccc32)cc1. The smallest absolute Gasteiger partial charge is 0.299 e. The van der Waals surface area contributed by atoms with Crippen LogP contribution in [0.3, 0.4) is 0 Å². The van der Waals surface area contributed by atoms with E-state index < -0.39 is 36.1 Å². The number of carbonyl (C=O) groups is 4. The van der Waals surface area contributed by atoms with Crippen molar-refractivity contribution in [3.05, 3.63) is 120 Å². The number of ketones is 1. The lowest BCUT2D eigenvalue weighted by Gasteiger charge is -2.33. The van der Waals surface area contributed by atoms with Crippen molar-refractivity contribution in [3.63, 3.8) is 0 Å². The minimum Gasteiger partial charge on any atom is -0.378 e. The summed E-state index contributed by atoms with van der Waals surface area (Å²) in [6.07, 6.45) is 3.25. The molecule has 1 aliphatic rings. The van der Waals surface area contributed by atoms with Crippen LogP contribution in [0, 0.1) is 0 Å². The predicted molar refractivity (Wildman–Crippen MR) is 156 cm³/mol. The van der Waals surface area contributed by atoms with Crippen molar-refractivity contribution in [2.24, 2.45) is 0 Å². The van der Waals surface area contributed by atoms with E-state index in [-0.39, 0.29) is 12.1 Å². The predicted octanol–water partition coefficient (Wildman–Crippen LogP) is 4.09. The fourth-order valence-electron chi connectivity index (χ4n) is 4.80. The van der Waals surface area contributed by atoms with Crippen LogP contribution in [0.2, 0.25) is 0 Å². The molecule has 1 N–H and O–H groups in total. The summed E-state index contributed by atoms with van der Waals surface area (Å²) in [4.78, 5) is 62.2. The lowest BCUT2D eigenvalue weighted by atomic mass is 10.0. The average Bonchev–Trinajstić information content (AvgIpc) is 3.23. The number of fused-ring (bicyclic) bond motifs is 1. The van der Waals surface area contributed by atoms with Crippen LogP contribution in [0.15, 0.2) is 103 Å². The van der Waals surface area contributed by atoms with Crippen molar-refractivity contribution < 1.29 is 19.2 Å². The summed E-state index contributed by atoms with van der Waals surface area (Å²) in [5.41, 5.74) is 3.47. The fraction of sp³-hybridized carbons (Fsp3) is 0.156. The number of Topliss-reactive ketones (excluding diaryl/α,β-unsaturated/α-hetero) is 1. The number of hydrogen-bond donors (Lipinski definition) is 1. The van der Waals surface area contributed by atoms with E-state index in [1.807, 2.05) is 43.3 Å². The number of nitrogens with zero attached hydrogens (tertiary/aromatic N) is 4. The Morgan fingerprint density at radius 3 is 2.27 bits per heavy atom. The molecule has 1 unspecified atom stereocenters. The molecule has 0 fully saturated rings. The standard InChI is InChI=1S/C32H29N5O4/c1-35(2)25-16-14-24(15-17-25)34-31(40)29(23-10-4-3-5-11-23)37(20-22-9-8-18-33-19-22)28(38)21-36-27-13-7-6-12-26(27)30(39)32(36)41/h3-19,29H,20-21H2,1-2H3,(H,34,40). The number of carbonyl (C=O) groups excluding carboxylic acids is 4. The van der Waals surface area contributed by atoms with Gasteiger partial charge in [0.25, 0.3) is 17.6 Å². The second kappa shape index (κ2) is 11.8. The number of nitrogens with one attached hydrogen (secondary N) is 1. The zero-order valence-corrected chi connectivity index (χ0v) is 22.7. The van der Waals surface area contributed by atoms with Crippen LogP contribution in [-0.4, -0.2) is 54.0 Å².